The lowest BCUT2D eigenvalue weighted by atomic mass is 10.1. The largest absolute Gasteiger partial charge is 0.369 e. The summed E-state index contributed by atoms with van der Waals surface area (Å²) < 4.78 is 29.9. The number of halogens is 1. The van der Waals surface area contributed by atoms with Gasteiger partial charge in [-0.15, -0.1) is 0 Å². The zero-order chi connectivity index (χ0) is 20.6. The molecule has 0 aliphatic carbocycles. The summed E-state index contributed by atoms with van der Waals surface area (Å²) in [6.45, 7) is 4.09. The third-order valence-corrected chi connectivity index (χ3v) is 7.35. The summed E-state index contributed by atoms with van der Waals surface area (Å²) in [6, 6.07) is 15.2. The SMILES string of the molecule is Cc1ccc(Cl)cc1N1CCN(S(=O)(=O)c2cn(C)nc2-c2ccccc2)CC1. The summed E-state index contributed by atoms with van der Waals surface area (Å²) in [4.78, 5) is 2.44. The van der Waals surface area contributed by atoms with E-state index >= 15 is 0 Å². The van der Waals surface area contributed by atoms with Gasteiger partial charge in [0.05, 0.1) is 0 Å². The first-order chi connectivity index (χ1) is 13.9. The van der Waals surface area contributed by atoms with Gasteiger partial charge in [-0.2, -0.15) is 9.40 Å². The topological polar surface area (TPSA) is 58.4 Å². The predicted molar refractivity (Wildman–Crippen MR) is 116 cm³/mol. The lowest BCUT2D eigenvalue weighted by Gasteiger charge is -2.36. The minimum absolute atomic E-state index is 0.249. The Balaban J connectivity index is 1.58. The fraction of sp³-hybridized carbons (Fsp3) is 0.286. The van der Waals surface area contributed by atoms with Gasteiger partial charge < -0.3 is 4.90 Å². The number of aryl methyl sites for hydroxylation is 2. The molecule has 2 aromatic carbocycles. The fourth-order valence-corrected chi connectivity index (χ4v) is 5.46. The molecule has 1 aliphatic heterocycles. The first kappa shape index (κ1) is 19.9. The first-order valence-corrected chi connectivity index (χ1v) is 11.3. The molecular formula is C21H23ClN4O2S. The Hall–Kier alpha value is -2.35. The number of hydrogen-bond donors (Lipinski definition) is 0. The number of aromatic nitrogens is 2. The van der Waals surface area contributed by atoms with Crippen LogP contribution in [-0.2, 0) is 17.1 Å². The number of nitrogens with zero attached hydrogens (tertiary/aromatic N) is 4. The normalized spacial score (nSPS) is 15.6. The molecule has 0 spiro atoms. The van der Waals surface area contributed by atoms with Gasteiger partial charge in [0.15, 0.2) is 0 Å². The maximum absolute atomic E-state index is 13.4. The van der Waals surface area contributed by atoms with E-state index in [0.29, 0.717) is 36.9 Å². The van der Waals surface area contributed by atoms with Crippen LogP contribution in [0, 0.1) is 6.92 Å². The van der Waals surface area contributed by atoms with Crippen molar-refractivity contribution in [1.29, 1.82) is 0 Å². The van der Waals surface area contributed by atoms with Gasteiger partial charge in [-0.3, -0.25) is 4.68 Å². The molecule has 0 radical (unpaired) electrons. The molecular weight excluding hydrogens is 408 g/mol. The molecule has 2 heterocycles. The second-order valence-electron chi connectivity index (χ2n) is 7.20. The highest BCUT2D eigenvalue weighted by Crippen LogP contribution is 2.30. The van der Waals surface area contributed by atoms with E-state index in [1.165, 1.54) is 0 Å². The van der Waals surface area contributed by atoms with Crippen LogP contribution in [0.2, 0.25) is 5.02 Å². The van der Waals surface area contributed by atoms with Crippen LogP contribution in [0.1, 0.15) is 5.56 Å². The van der Waals surface area contributed by atoms with Crippen molar-refractivity contribution in [2.24, 2.45) is 7.05 Å². The second-order valence-corrected chi connectivity index (χ2v) is 9.55. The van der Waals surface area contributed by atoms with Crippen molar-refractivity contribution in [2.45, 2.75) is 11.8 Å². The predicted octanol–water partition coefficient (Wildman–Crippen LogP) is 3.56. The molecule has 0 amide bonds. The number of anilines is 1. The Kier molecular flexibility index (Phi) is 5.38. The highest BCUT2D eigenvalue weighted by atomic mass is 35.5. The minimum Gasteiger partial charge on any atom is -0.369 e. The summed E-state index contributed by atoms with van der Waals surface area (Å²) in [6.07, 6.45) is 1.59. The molecule has 152 valence electrons. The van der Waals surface area contributed by atoms with Crippen LogP contribution in [0.25, 0.3) is 11.3 Å². The van der Waals surface area contributed by atoms with E-state index in [2.05, 4.69) is 10.00 Å². The number of hydrogen-bond acceptors (Lipinski definition) is 4. The van der Waals surface area contributed by atoms with Gasteiger partial charge in [0, 0.05) is 55.7 Å². The van der Waals surface area contributed by atoms with Gasteiger partial charge >= 0.3 is 0 Å². The average Bonchev–Trinajstić information content (AvgIpc) is 3.13. The summed E-state index contributed by atoms with van der Waals surface area (Å²) in [5.41, 5.74) is 3.46. The van der Waals surface area contributed by atoms with Crippen LogP contribution < -0.4 is 4.90 Å². The van der Waals surface area contributed by atoms with Gasteiger partial charge in [0.25, 0.3) is 0 Å². The summed E-state index contributed by atoms with van der Waals surface area (Å²) >= 11 is 6.15. The van der Waals surface area contributed by atoms with E-state index in [1.54, 1.807) is 22.2 Å². The Labute approximate surface area is 176 Å². The summed E-state index contributed by atoms with van der Waals surface area (Å²) in [5, 5.41) is 5.10. The van der Waals surface area contributed by atoms with E-state index in [0.717, 1.165) is 16.8 Å². The van der Waals surface area contributed by atoms with Crippen LogP contribution in [0.15, 0.2) is 59.6 Å². The number of benzene rings is 2. The van der Waals surface area contributed by atoms with Crippen molar-refractivity contribution in [3.05, 3.63) is 65.3 Å². The number of sulfonamides is 1. The number of rotatable bonds is 4. The van der Waals surface area contributed by atoms with Crippen molar-refractivity contribution in [3.8, 4) is 11.3 Å². The monoisotopic (exact) mass is 430 g/mol. The van der Waals surface area contributed by atoms with Crippen LogP contribution in [-0.4, -0.2) is 48.7 Å². The van der Waals surface area contributed by atoms with Crippen molar-refractivity contribution >= 4 is 27.3 Å². The molecule has 1 aromatic heterocycles. The summed E-state index contributed by atoms with van der Waals surface area (Å²) in [5.74, 6) is 0. The zero-order valence-corrected chi connectivity index (χ0v) is 18.0. The third-order valence-electron chi connectivity index (χ3n) is 5.21. The first-order valence-electron chi connectivity index (χ1n) is 9.46. The number of piperazine rings is 1. The Morgan fingerprint density at radius 2 is 1.69 bits per heavy atom. The van der Waals surface area contributed by atoms with Crippen molar-refractivity contribution < 1.29 is 8.42 Å². The van der Waals surface area contributed by atoms with E-state index in [1.807, 2.05) is 55.5 Å². The van der Waals surface area contributed by atoms with Gasteiger partial charge in [-0.25, -0.2) is 8.42 Å². The lowest BCUT2D eigenvalue weighted by Crippen LogP contribution is -2.48. The molecule has 0 atom stereocenters. The molecule has 1 fully saturated rings. The lowest BCUT2D eigenvalue weighted by molar-refractivity contribution is 0.385. The second kappa shape index (κ2) is 7.82. The van der Waals surface area contributed by atoms with Crippen molar-refractivity contribution in [1.82, 2.24) is 14.1 Å². The Morgan fingerprint density at radius 1 is 1.00 bits per heavy atom. The van der Waals surface area contributed by atoms with Crippen LogP contribution in [0.5, 0.6) is 0 Å². The van der Waals surface area contributed by atoms with E-state index < -0.39 is 10.0 Å². The Bertz CT molecular complexity index is 1120. The standard InChI is InChI=1S/C21H23ClN4O2S/c1-16-8-9-18(22)14-19(16)25-10-12-26(13-11-25)29(27,28)20-15-24(2)23-21(20)17-6-4-3-5-7-17/h3-9,14-15H,10-13H2,1-2H3. The van der Waals surface area contributed by atoms with E-state index in [-0.39, 0.29) is 4.90 Å². The zero-order valence-electron chi connectivity index (χ0n) is 16.4. The van der Waals surface area contributed by atoms with E-state index in [4.69, 9.17) is 11.6 Å². The van der Waals surface area contributed by atoms with Crippen LogP contribution in [0.4, 0.5) is 5.69 Å². The molecule has 0 saturated carbocycles. The van der Waals surface area contributed by atoms with Crippen molar-refractivity contribution in [2.75, 3.05) is 31.1 Å². The third kappa shape index (κ3) is 3.90. The molecule has 1 saturated heterocycles. The van der Waals surface area contributed by atoms with E-state index in [9.17, 15) is 8.42 Å². The maximum Gasteiger partial charge on any atom is 0.246 e. The minimum atomic E-state index is -3.65. The molecule has 0 unspecified atom stereocenters. The van der Waals surface area contributed by atoms with Gasteiger partial charge in [0.1, 0.15) is 10.6 Å². The molecule has 3 aromatic rings. The summed E-state index contributed by atoms with van der Waals surface area (Å²) in [7, 11) is -1.91. The molecule has 0 N–H and O–H groups in total. The molecule has 29 heavy (non-hydrogen) atoms. The van der Waals surface area contributed by atoms with Gasteiger partial charge in [-0.05, 0) is 24.6 Å². The molecule has 1 aliphatic rings. The molecule has 6 nitrogen and oxygen atoms in total. The Morgan fingerprint density at radius 3 is 2.38 bits per heavy atom. The quantitative estimate of drug-likeness (QED) is 0.635. The molecule has 4 rings (SSSR count). The smallest absolute Gasteiger partial charge is 0.246 e. The highest BCUT2D eigenvalue weighted by molar-refractivity contribution is 7.89. The van der Waals surface area contributed by atoms with Crippen molar-refractivity contribution in [3.63, 3.8) is 0 Å². The van der Waals surface area contributed by atoms with Gasteiger partial charge in [0.2, 0.25) is 10.0 Å². The highest BCUT2D eigenvalue weighted by Gasteiger charge is 2.32. The van der Waals surface area contributed by atoms with Gasteiger partial charge in [-0.1, -0.05) is 48.0 Å². The average molecular weight is 431 g/mol. The maximum atomic E-state index is 13.4. The molecule has 0 bridgehead atoms. The van der Waals surface area contributed by atoms with Crippen LogP contribution in [0.3, 0.4) is 0 Å². The van der Waals surface area contributed by atoms with Crippen LogP contribution >= 0.6 is 11.6 Å². The fourth-order valence-electron chi connectivity index (χ4n) is 3.68. The molecule has 8 heteroatoms.